The van der Waals surface area contributed by atoms with Gasteiger partial charge in [0.15, 0.2) is 17.3 Å². The van der Waals surface area contributed by atoms with Crippen molar-refractivity contribution in [3.63, 3.8) is 0 Å². The fourth-order valence-electron chi connectivity index (χ4n) is 6.87. The summed E-state index contributed by atoms with van der Waals surface area (Å²) in [4.78, 5) is 30.3. The number of nitrogens with zero attached hydrogens (tertiary/aromatic N) is 1. The summed E-state index contributed by atoms with van der Waals surface area (Å²) in [5, 5.41) is -0.000891. The Bertz CT molecular complexity index is 1650. The van der Waals surface area contributed by atoms with E-state index < -0.39 is 16.0 Å². The molecule has 1 aliphatic heterocycles. The average Bonchev–Trinajstić information content (AvgIpc) is 2.93. The van der Waals surface area contributed by atoms with Crippen LogP contribution in [0.2, 0.25) is 5.02 Å². The smallest absolute Gasteiger partial charge is 0.339 e. The van der Waals surface area contributed by atoms with Crippen molar-refractivity contribution in [3.8, 4) is 11.5 Å². The Balaban J connectivity index is 1.68. The largest absolute Gasteiger partial charge is 0.493 e. The molecule has 45 heavy (non-hydrogen) atoms. The fraction of sp³-hybridized carbons (Fsp3) is 0.486. The van der Waals surface area contributed by atoms with Crippen LogP contribution in [-0.2, 0) is 24.4 Å². The summed E-state index contributed by atoms with van der Waals surface area (Å²) in [6, 6.07) is 9.54. The third-order valence-corrected chi connectivity index (χ3v) is 10.4. The van der Waals surface area contributed by atoms with Gasteiger partial charge in [-0.3, -0.25) is 9.59 Å². The van der Waals surface area contributed by atoms with Gasteiger partial charge in [0.1, 0.15) is 4.90 Å². The summed E-state index contributed by atoms with van der Waals surface area (Å²) in [5.41, 5.74) is 4.01. The van der Waals surface area contributed by atoms with Crippen molar-refractivity contribution in [2.75, 3.05) is 27.4 Å². The Morgan fingerprint density at radius 3 is 1.96 bits per heavy atom. The van der Waals surface area contributed by atoms with Crippen molar-refractivity contribution in [3.05, 3.63) is 75.1 Å². The Hall–Kier alpha value is -3.14. The number of carbonyl (C=O) groups excluding carboxylic acids is 2. The number of aryl methyl sites for hydroxylation is 1. The molecule has 8 nitrogen and oxygen atoms in total. The first-order valence-corrected chi connectivity index (χ1v) is 17.0. The maximum atomic E-state index is 14.1. The zero-order valence-electron chi connectivity index (χ0n) is 27.1. The molecule has 2 aromatic carbocycles. The molecule has 0 fully saturated rings. The Morgan fingerprint density at radius 1 is 0.889 bits per heavy atom. The van der Waals surface area contributed by atoms with E-state index in [2.05, 4.69) is 32.6 Å². The molecule has 2 aliphatic carbocycles. The van der Waals surface area contributed by atoms with Gasteiger partial charge in [-0.25, -0.2) is 0 Å². The number of allylic oxidation sites excluding steroid dienone is 4. The van der Waals surface area contributed by atoms with E-state index in [4.69, 9.17) is 25.3 Å². The molecule has 2 aromatic rings. The molecule has 3 aliphatic rings. The van der Waals surface area contributed by atoms with E-state index in [0.717, 1.165) is 23.4 Å². The minimum Gasteiger partial charge on any atom is -0.493 e. The lowest BCUT2D eigenvalue weighted by atomic mass is 9.63. The van der Waals surface area contributed by atoms with Gasteiger partial charge in [-0.2, -0.15) is 8.42 Å². The van der Waals surface area contributed by atoms with Crippen LogP contribution in [0.25, 0.3) is 0 Å². The van der Waals surface area contributed by atoms with E-state index >= 15 is 0 Å². The molecular formula is C35H42ClNO7S. The fourth-order valence-corrected chi connectivity index (χ4v) is 8.13. The topological polar surface area (TPSA) is 99.2 Å². The van der Waals surface area contributed by atoms with Crippen molar-refractivity contribution in [2.45, 2.75) is 77.5 Å². The van der Waals surface area contributed by atoms with Crippen molar-refractivity contribution in [1.82, 2.24) is 4.90 Å². The molecule has 242 valence electrons. The van der Waals surface area contributed by atoms with Gasteiger partial charge in [0.25, 0.3) is 0 Å². The molecule has 0 saturated carbocycles. The maximum Gasteiger partial charge on any atom is 0.339 e. The average molecular weight is 656 g/mol. The maximum absolute atomic E-state index is 14.1. The number of carbonyl (C=O) groups is 2. The number of ether oxygens (including phenoxy) is 2. The minimum absolute atomic E-state index is 0.000891. The number of Topliss-reactive ketones (excluding diaryl/α,β-unsaturated/α-hetero) is 2. The molecule has 0 unspecified atom stereocenters. The molecule has 10 heteroatoms. The summed E-state index contributed by atoms with van der Waals surface area (Å²) >= 11 is 6.78. The van der Waals surface area contributed by atoms with Crippen molar-refractivity contribution < 1.29 is 31.7 Å². The highest BCUT2D eigenvalue weighted by molar-refractivity contribution is 7.87. The third kappa shape index (κ3) is 6.58. The van der Waals surface area contributed by atoms with Gasteiger partial charge in [-0.05, 0) is 66.8 Å². The zero-order chi connectivity index (χ0) is 32.9. The van der Waals surface area contributed by atoms with Crippen LogP contribution in [0.15, 0.2) is 63.8 Å². The Labute approximate surface area is 271 Å². The van der Waals surface area contributed by atoms with Crippen LogP contribution >= 0.6 is 11.6 Å². The van der Waals surface area contributed by atoms with E-state index in [1.165, 1.54) is 19.2 Å². The van der Waals surface area contributed by atoms with Crippen LogP contribution in [0.1, 0.15) is 76.8 Å². The number of benzene rings is 2. The lowest BCUT2D eigenvalue weighted by Crippen LogP contribution is -2.44. The molecule has 0 saturated heterocycles. The second-order valence-corrected chi connectivity index (χ2v) is 15.9. The first kappa shape index (κ1) is 33.2. The summed E-state index contributed by atoms with van der Waals surface area (Å²) in [5.74, 6) is -0.757. The van der Waals surface area contributed by atoms with Crippen LogP contribution in [0.5, 0.6) is 11.5 Å². The molecule has 0 N–H and O–H groups in total. The number of hydrogen-bond acceptors (Lipinski definition) is 8. The van der Waals surface area contributed by atoms with Gasteiger partial charge in [-0.1, -0.05) is 57.0 Å². The third-order valence-electron chi connectivity index (χ3n) is 8.84. The number of hydrogen-bond donors (Lipinski definition) is 0. The molecule has 0 amide bonds. The predicted molar refractivity (Wildman–Crippen MR) is 173 cm³/mol. The van der Waals surface area contributed by atoms with E-state index in [9.17, 15) is 18.0 Å². The molecule has 5 rings (SSSR count). The van der Waals surface area contributed by atoms with Crippen molar-refractivity contribution in [2.24, 2.45) is 10.8 Å². The van der Waals surface area contributed by atoms with Gasteiger partial charge >= 0.3 is 10.1 Å². The summed E-state index contributed by atoms with van der Waals surface area (Å²) in [6.45, 7) is 11.4. The van der Waals surface area contributed by atoms with E-state index in [-0.39, 0.29) is 43.8 Å². The van der Waals surface area contributed by atoms with Crippen LogP contribution in [0, 0.1) is 17.8 Å². The number of halogens is 1. The zero-order valence-corrected chi connectivity index (χ0v) is 28.7. The monoisotopic (exact) mass is 655 g/mol. The second kappa shape index (κ2) is 12.2. The van der Waals surface area contributed by atoms with Crippen LogP contribution < -0.4 is 8.92 Å². The first-order chi connectivity index (χ1) is 21.1. The Morgan fingerprint density at radius 2 is 1.44 bits per heavy atom. The number of methoxy groups -OCH3 is 2. The van der Waals surface area contributed by atoms with Crippen LogP contribution in [-0.4, -0.2) is 52.3 Å². The molecule has 0 radical (unpaired) electrons. The summed E-state index contributed by atoms with van der Waals surface area (Å²) in [7, 11) is -1.17. The van der Waals surface area contributed by atoms with E-state index in [1.807, 2.05) is 6.92 Å². The quantitative estimate of drug-likeness (QED) is 0.208. The number of rotatable bonds is 9. The Kier molecular flexibility index (Phi) is 9.03. The lowest BCUT2D eigenvalue weighted by molar-refractivity contribution is -0.119. The van der Waals surface area contributed by atoms with E-state index in [1.54, 1.807) is 31.4 Å². The van der Waals surface area contributed by atoms with Gasteiger partial charge in [0.05, 0.1) is 12.1 Å². The number of ketones is 2. The highest BCUT2D eigenvalue weighted by Gasteiger charge is 2.49. The van der Waals surface area contributed by atoms with E-state index in [0.29, 0.717) is 55.5 Å². The second-order valence-electron chi connectivity index (χ2n) is 13.9. The van der Waals surface area contributed by atoms with Gasteiger partial charge in [0, 0.05) is 61.6 Å². The summed E-state index contributed by atoms with van der Waals surface area (Å²) in [6.07, 6.45) is 2.77. The molecule has 0 atom stereocenters. The standard InChI is InChI=1S/C35H42ClNO7S/c1-21-9-11-23(12-10-21)45(40,41)44-33-24(36)15-22(16-29(33)43-7)30-31-25(17-34(2,3)19-27(31)38)37(13-8-14-42-6)26-18-35(4,5)20-28(39)32(26)30/h9-12,15-16,30H,8,13-14,17-20H2,1-7H3. The molecular weight excluding hydrogens is 614 g/mol. The van der Waals surface area contributed by atoms with Crippen molar-refractivity contribution in [1.29, 1.82) is 0 Å². The lowest BCUT2D eigenvalue weighted by Gasteiger charge is -2.49. The van der Waals surface area contributed by atoms with Gasteiger partial charge in [-0.15, -0.1) is 0 Å². The molecule has 0 aromatic heterocycles. The normalized spacial score (nSPS) is 19.9. The van der Waals surface area contributed by atoms with Crippen LogP contribution in [0.4, 0.5) is 0 Å². The van der Waals surface area contributed by atoms with Gasteiger partial charge < -0.3 is 18.6 Å². The van der Waals surface area contributed by atoms with Crippen molar-refractivity contribution >= 4 is 33.3 Å². The SMILES string of the molecule is COCCCN1C2=C(C(=O)CC(C)(C)C2)C(c2cc(Cl)c(OS(=O)(=O)c3ccc(C)cc3)c(OC)c2)C2=C1CC(C)(C)CC2=O. The highest BCUT2D eigenvalue weighted by atomic mass is 35.5. The molecule has 0 bridgehead atoms. The predicted octanol–water partition coefficient (Wildman–Crippen LogP) is 7.15. The highest BCUT2D eigenvalue weighted by Crippen LogP contribution is 2.55. The van der Waals surface area contributed by atoms with Gasteiger partial charge in [0.2, 0.25) is 5.75 Å². The molecule has 0 spiro atoms. The first-order valence-electron chi connectivity index (χ1n) is 15.2. The van der Waals surface area contributed by atoms with Crippen LogP contribution in [0.3, 0.4) is 0 Å². The summed E-state index contributed by atoms with van der Waals surface area (Å²) < 4.78 is 42.9. The molecule has 1 heterocycles. The minimum atomic E-state index is -4.23.